The summed E-state index contributed by atoms with van der Waals surface area (Å²) in [6, 6.07) is 9.94. The fraction of sp³-hybridized carbons (Fsp3) is 0.125. The number of thiazole rings is 1. The van der Waals surface area contributed by atoms with Gasteiger partial charge < -0.3 is 14.3 Å². The van der Waals surface area contributed by atoms with E-state index in [9.17, 15) is 32.3 Å². The van der Waals surface area contributed by atoms with Crippen molar-refractivity contribution >= 4 is 38.4 Å². The van der Waals surface area contributed by atoms with Crippen LogP contribution in [0.1, 0.15) is 27.9 Å². The normalized spacial score (nSPS) is 16.3. The number of halogens is 4. The van der Waals surface area contributed by atoms with Gasteiger partial charge in [0.15, 0.2) is 16.7 Å². The summed E-state index contributed by atoms with van der Waals surface area (Å²) in [6.07, 6.45) is -4.98. The number of rotatable bonds is 5. The van der Waals surface area contributed by atoms with Crippen LogP contribution < -0.4 is 9.64 Å². The van der Waals surface area contributed by atoms with Gasteiger partial charge in [0.05, 0.1) is 21.8 Å². The van der Waals surface area contributed by atoms with Crippen LogP contribution in [0.3, 0.4) is 0 Å². The number of amides is 1. The van der Waals surface area contributed by atoms with Crippen LogP contribution >= 0.6 is 11.3 Å². The van der Waals surface area contributed by atoms with Gasteiger partial charge in [-0.2, -0.15) is 0 Å². The number of anilines is 1. The Kier molecular flexibility index (Phi) is 5.55. The van der Waals surface area contributed by atoms with Gasteiger partial charge in [0.1, 0.15) is 17.3 Å². The molecule has 1 unspecified atom stereocenters. The summed E-state index contributed by atoms with van der Waals surface area (Å²) >= 11 is 0.911. The predicted octanol–water partition coefficient (Wildman–Crippen LogP) is 6.02. The van der Waals surface area contributed by atoms with E-state index < -0.39 is 47.0 Å². The molecular weight excluding hydrogens is 504 g/mol. The van der Waals surface area contributed by atoms with Crippen LogP contribution in [0.5, 0.6) is 5.75 Å². The highest BCUT2D eigenvalue weighted by atomic mass is 32.1. The highest BCUT2D eigenvalue weighted by molar-refractivity contribution is 7.22. The molecule has 0 fully saturated rings. The second-order valence-electron chi connectivity index (χ2n) is 7.81. The first-order chi connectivity index (χ1) is 17.0. The highest BCUT2D eigenvalue weighted by Gasteiger charge is 2.47. The van der Waals surface area contributed by atoms with Crippen molar-refractivity contribution in [3.8, 4) is 5.75 Å². The zero-order valence-corrected chi connectivity index (χ0v) is 19.0. The van der Waals surface area contributed by atoms with Crippen LogP contribution in [-0.2, 0) is 4.79 Å². The molecule has 1 amide bonds. The fourth-order valence-electron chi connectivity index (χ4n) is 3.91. The number of fused-ring (bicyclic) bond motifs is 1. The molecule has 0 saturated carbocycles. The monoisotopic (exact) mass is 518 g/mol. The number of hydrogen-bond donors (Lipinski definition) is 1. The molecule has 0 aliphatic carbocycles. The molecule has 0 radical (unpaired) electrons. The number of furan rings is 1. The first-order valence-corrected chi connectivity index (χ1v) is 11.1. The molecule has 12 heteroatoms. The van der Waals surface area contributed by atoms with E-state index in [1.54, 1.807) is 6.92 Å². The molecule has 7 nitrogen and oxygen atoms in total. The predicted molar refractivity (Wildman–Crippen MR) is 120 cm³/mol. The fourth-order valence-corrected chi connectivity index (χ4v) is 4.93. The lowest BCUT2D eigenvalue weighted by Crippen LogP contribution is -2.31. The number of aromatic nitrogens is 1. The molecule has 3 heterocycles. The second kappa shape index (κ2) is 8.48. The smallest absolute Gasteiger partial charge is 0.503 e. The molecule has 1 atom stereocenters. The number of aliphatic hydroxyl groups excluding tert-OH is 1. The molecule has 0 spiro atoms. The van der Waals surface area contributed by atoms with Crippen LogP contribution in [0, 0.1) is 12.7 Å². The molecule has 0 saturated heterocycles. The Morgan fingerprint density at radius 3 is 2.64 bits per heavy atom. The van der Waals surface area contributed by atoms with E-state index in [0.717, 1.165) is 28.4 Å². The lowest BCUT2D eigenvalue weighted by Gasteiger charge is -2.24. The summed E-state index contributed by atoms with van der Waals surface area (Å²) in [4.78, 5) is 31.9. The molecule has 2 aromatic carbocycles. The third-order valence-corrected chi connectivity index (χ3v) is 6.39. The summed E-state index contributed by atoms with van der Waals surface area (Å²) < 4.78 is 62.0. The Bertz CT molecular complexity index is 1560. The molecule has 36 heavy (non-hydrogen) atoms. The Labute approximate surface area is 203 Å². The van der Waals surface area contributed by atoms with Crippen molar-refractivity contribution in [2.75, 3.05) is 4.90 Å². The molecule has 2 aromatic heterocycles. The van der Waals surface area contributed by atoms with Crippen molar-refractivity contribution in [1.82, 2.24) is 4.98 Å². The number of aryl methyl sites for hydroxylation is 1. The van der Waals surface area contributed by atoms with Gasteiger partial charge in [0.25, 0.3) is 5.91 Å². The van der Waals surface area contributed by atoms with Gasteiger partial charge in [-0.1, -0.05) is 23.5 Å². The van der Waals surface area contributed by atoms with Crippen molar-refractivity contribution in [1.29, 1.82) is 0 Å². The van der Waals surface area contributed by atoms with Gasteiger partial charge in [-0.25, -0.2) is 9.37 Å². The summed E-state index contributed by atoms with van der Waals surface area (Å²) in [7, 11) is 0. The van der Waals surface area contributed by atoms with Crippen LogP contribution in [0.4, 0.5) is 22.7 Å². The lowest BCUT2D eigenvalue weighted by molar-refractivity contribution is -0.274. The van der Waals surface area contributed by atoms with Crippen LogP contribution in [-0.4, -0.2) is 28.1 Å². The highest BCUT2D eigenvalue weighted by Crippen LogP contribution is 2.45. The first kappa shape index (κ1) is 23.5. The number of carbonyl (C=O) groups excluding carboxylic acids is 2. The number of carbonyl (C=O) groups is 2. The Morgan fingerprint density at radius 2 is 1.94 bits per heavy atom. The number of alkyl halides is 3. The van der Waals surface area contributed by atoms with E-state index in [-0.39, 0.29) is 16.5 Å². The second-order valence-corrected chi connectivity index (χ2v) is 8.82. The molecule has 1 N–H and O–H groups in total. The minimum absolute atomic E-state index is 0.00211. The van der Waals surface area contributed by atoms with Crippen molar-refractivity contribution in [3.63, 3.8) is 0 Å². The van der Waals surface area contributed by atoms with E-state index in [0.29, 0.717) is 16.0 Å². The Balaban J connectivity index is 1.67. The number of Topliss-reactive ketones (excluding diaryl/α,β-unsaturated/α-hetero) is 1. The van der Waals surface area contributed by atoms with Crippen molar-refractivity contribution in [3.05, 3.63) is 88.8 Å². The van der Waals surface area contributed by atoms with Gasteiger partial charge in [-0.05, 0) is 55.0 Å². The van der Waals surface area contributed by atoms with Gasteiger partial charge in [-0.3, -0.25) is 14.5 Å². The summed E-state index contributed by atoms with van der Waals surface area (Å²) in [5.41, 5.74) is -0.0341. The van der Waals surface area contributed by atoms with Crippen molar-refractivity contribution in [2.45, 2.75) is 19.3 Å². The average molecular weight is 518 g/mol. The number of nitrogens with zero attached hydrogens (tertiary/aromatic N) is 2. The molecular formula is C24H14F4N2O5S. The third-order valence-electron chi connectivity index (χ3n) is 5.37. The molecule has 1 aliphatic rings. The van der Waals surface area contributed by atoms with E-state index in [1.807, 2.05) is 0 Å². The van der Waals surface area contributed by atoms with Crippen molar-refractivity contribution in [2.24, 2.45) is 0 Å². The molecule has 5 rings (SSSR count). The van der Waals surface area contributed by atoms with Crippen LogP contribution in [0.15, 0.2) is 70.3 Å². The number of hydrogen-bond acceptors (Lipinski definition) is 7. The minimum Gasteiger partial charge on any atom is -0.503 e. The lowest BCUT2D eigenvalue weighted by atomic mass is 9.95. The van der Waals surface area contributed by atoms with E-state index in [2.05, 4.69) is 9.72 Å². The first-order valence-electron chi connectivity index (χ1n) is 10.3. The largest absolute Gasteiger partial charge is 0.573 e. The van der Waals surface area contributed by atoms with E-state index >= 15 is 0 Å². The molecule has 1 aliphatic heterocycles. The maximum Gasteiger partial charge on any atom is 0.573 e. The van der Waals surface area contributed by atoms with E-state index in [1.165, 1.54) is 42.5 Å². The third kappa shape index (κ3) is 4.19. The molecule has 184 valence electrons. The van der Waals surface area contributed by atoms with Crippen LogP contribution in [0.2, 0.25) is 0 Å². The topological polar surface area (TPSA) is 92.9 Å². The minimum atomic E-state index is -4.98. The number of ketones is 1. The summed E-state index contributed by atoms with van der Waals surface area (Å²) in [5, 5.41) is 10.8. The zero-order valence-electron chi connectivity index (χ0n) is 18.2. The van der Waals surface area contributed by atoms with Gasteiger partial charge >= 0.3 is 6.36 Å². The van der Waals surface area contributed by atoms with Crippen molar-refractivity contribution < 1.29 is 41.4 Å². The molecule has 4 aromatic rings. The number of benzene rings is 2. The SMILES string of the molecule is Cc1ccc(C(=O)C2=C(O)C(=O)N(c3nc4ccc(F)cc4s3)C2c2cccc(OC(F)(F)F)c2)o1. The van der Waals surface area contributed by atoms with E-state index in [4.69, 9.17) is 4.42 Å². The van der Waals surface area contributed by atoms with Crippen LogP contribution in [0.25, 0.3) is 10.2 Å². The average Bonchev–Trinajstić information content (AvgIpc) is 3.48. The number of ether oxygens (including phenoxy) is 1. The quantitative estimate of drug-likeness (QED) is 0.257. The number of aliphatic hydroxyl groups is 1. The van der Waals surface area contributed by atoms with Gasteiger partial charge in [-0.15, -0.1) is 13.2 Å². The maximum atomic E-state index is 13.7. The zero-order chi connectivity index (χ0) is 25.8. The summed E-state index contributed by atoms with van der Waals surface area (Å²) in [5.74, 6) is -3.67. The Hall–Kier alpha value is -4.19. The summed E-state index contributed by atoms with van der Waals surface area (Å²) in [6.45, 7) is 1.59. The van der Waals surface area contributed by atoms with Gasteiger partial charge in [0.2, 0.25) is 5.78 Å². The standard InChI is InChI=1S/C24H14F4N2O5S/c1-11-5-8-16(34-11)20(31)18-19(12-3-2-4-14(9-12)35-24(26,27)28)30(22(33)21(18)32)23-29-15-7-6-13(25)10-17(15)36-23/h2-10,19,32H,1H3. The molecule has 0 bridgehead atoms. The maximum absolute atomic E-state index is 13.7. The van der Waals surface area contributed by atoms with Gasteiger partial charge in [0, 0.05) is 0 Å². The Morgan fingerprint density at radius 1 is 1.17 bits per heavy atom.